The van der Waals surface area contributed by atoms with E-state index in [0.717, 1.165) is 15.2 Å². The van der Waals surface area contributed by atoms with Crippen LogP contribution in [0.5, 0.6) is 11.5 Å². The average molecular weight is 366 g/mol. The van der Waals surface area contributed by atoms with Crippen molar-refractivity contribution in [3.8, 4) is 11.5 Å². The average Bonchev–Trinajstić information content (AvgIpc) is 2.48. The van der Waals surface area contributed by atoms with E-state index in [4.69, 9.17) is 16.3 Å². The predicted molar refractivity (Wildman–Crippen MR) is 87.7 cm³/mol. The molecule has 1 nitrogen and oxygen atoms in total. The fourth-order valence-electron chi connectivity index (χ4n) is 2.15. The largest absolute Gasteiger partial charge is 0.457 e. The molecule has 0 aliphatic rings. The number of fused-ring (bicyclic) bond motifs is 1. The lowest BCUT2D eigenvalue weighted by Crippen LogP contribution is -1.93. The van der Waals surface area contributed by atoms with Gasteiger partial charge in [-0.2, -0.15) is 0 Å². The van der Waals surface area contributed by atoms with Gasteiger partial charge in [0.05, 0.1) is 5.88 Å². The highest BCUT2D eigenvalue weighted by atomic mass is 79.9. The van der Waals surface area contributed by atoms with Crippen molar-refractivity contribution in [2.24, 2.45) is 0 Å². The minimum absolute atomic E-state index is 0.0720. The molecule has 4 heteroatoms. The Hall–Kier alpha value is -1.58. The lowest BCUT2D eigenvalue weighted by molar-refractivity contribution is 0.471. The van der Waals surface area contributed by atoms with Crippen LogP contribution in [0.15, 0.2) is 59.1 Å². The molecule has 0 aromatic heterocycles. The molecule has 3 aromatic carbocycles. The van der Waals surface area contributed by atoms with Crippen LogP contribution in [0, 0.1) is 5.82 Å². The van der Waals surface area contributed by atoms with E-state index in [1.54, 1.807) is 12.1 Å². The molecule has 106 valence electrons. The number of rotatable bonds is 3. The summed E-state index contributed by atoms with van der Waals surface area (Å²) in [6.07, 6.45) is 0. The number of halogens is 3. The topological polar surface area (TPSA) is 9.23 Å². The van der Waals surface area contributed by atoms with E-state index in [-0.39, 0.29) is 11.7 Å². The van der Waals surface area contributed by atoms with Gasteiger partial charge in [-0.25, -0.2) is 4.39 Å². The number of ether oxygens (including phenoxy) is 1. The summed E-state index contributed by atoms with van der Waals surface area (Å²) in [5.74, 6) is 0.818. The summed E-state index contributed by atoms with van der Waals surface area (Å²) >= 11 is 9.23. The molecule has 0 N–H and O–H groups in total. The molecule has 3 aromatic rings. The Kier molecular flexibility index (Phi) is 4.13. The maximum absolute atomic E-state index is 13.7. The summed E-state index contributed by atoms with van der Waals surface area (Å²) in [5, 5.41) is 2.16. The summed E-state index contributed by atoms with van der Waals surface area (Å²) in [6, 6.07) is 16.5. The Labute approximate surface area is 135 Å². The Morgan fingerprint density at radius 3 is 2.57 bits per heavy atom. The van der Waals surface area contributed by atoms with Crippen molar-refractivity contribution < 1.29 is 9.13 Å². The number of hydrogen-bond donors (Lipinski definition) is 0. The minimum atomic E-state index is -0.354. The van der Waals surface area contributed by atoms with Crippen molar-refractivity contribution in [3.63, 3.8) is 0 Å². The summed E-state index contributed by atoms with van der Waals surface area (Å²) in [5.41, 5.74) is 0.370. The van der Waals surface area contributed by atoms with Crippen molar-refractivity contribution in [1.82, 2.24) is 0 Å². The molecule has 0 aliphatic heterocycles. The maximum atomic E-state index is 13.7. The Morgan fingerprint density at radius 1 is 1.00 bits per heavy atom. The molecule has 0 unspecified atom stereocenters. The smallest absolute Gasteiger partial charge is 0.134 e. The normalized spacial score (nSPS) is 10.8. The van der Waals surface area contributed by atoms with E-state index < -0.39 is 0 Å². The second kappa shape index (κ2) is 6.04. The molecule has 0 amide bonds. The monoisotopic (exact) mass is 364 g/mol. The lowest BCUT2D eigenvalue weighted by Gasteiger charge is -2.11. The SMILES string of the molecule is Fc1cccc(Oc2ccc3cc(Br)ccc3c2)c1CCl. The van der Waals surface area contributed by atoms with Crippen molar-refractivity contribution >= 4 is 38.3 Å². The van der Waals surface area contributed by atoms with E-state index in [2.05, 4.69) is 15.9 Å². The van der Waals surface area contributed by atoms with Crippen LogP contribution in [0.25, 0.3) is 10.8 Å². The first-order valence-corrected chi connectivity index (χ1v) is 7.70. The van der Waals surface area contributed by atoms with E-state index in [0.29, 0.717) is 17.1 Å². The van der Waals surface area contributed by atoms with Gasteiger partial charge >= 0.3 is 0 Å². The van der Waals surface area contributed by atoms with Gasteiger partial charge in [-0.15, -0.1) is 11.6 Å². The van der Waals surface area contributed by atoms with Gasteiger partial charge in [-0.1, -0.05) is 34.1 Å². The summed E-state index contributed by atoms with van der Waals surface area (Å²) < 4.78 is 20.5. The highest BCUT2D eigenvalue weighted by Gasteiger charge is 2.09. The first kappa shape index (κ1) is 14.4. The van der Waals surface area contributed by atoms with Crippen molar-refractivity contribution in [2.45, 2.75) is 5.88 Å². The Balaban J connectivity index is 1.98. The van der Waals surface area contributed by atoms with Gasteiger partial charge in [0.2, 0.25) is 0 Å². The van der Waals surface area contributed by atoms with Crippen LogP contribution in [0.3, 0.4) is 0 Å². The molecule has 0 spiro atoms. The van der Waals surface area contributed by atoms with Gasteiger partial charge in [-0.05, 0) is 47.2 Å². The molecule has 0 heterocycles. The molecular formula is C17H11BrClFO. The zero-order chi connectivity index (χ0) is 14.8. The summed E-state index contributed by atoms with van der Waals surface area (Å²) in [4.78, 5) is 0. The zero-order valence-electron chi connectivity index (χ0n) is 10.9. The predicted octanol–water partition coefficient (Wildman–Crippen LogP) is 6.27. The molecule has 0 radical (unpaired) electrons. The van der Waals surface area contributed by atoms with Crippen LogP contribution in [0.2, 0.25) is 0 Å². The van der Waals surface area contributed by atoms with Crippen LogP contribution in [-0.4, -0.2) is 0 Å². The molecular weight excluding hydrogens is 355 g/mol. The van der Waals surface area contributed by atoms with E-state index in [9.17, 15) is 4.39 Å². The highest BCUT2D eigenvalue weighted by Crippen LogP contribution is 2.31. The van der Waals surface area contributed by atoms with Gasteiger partial charge in [0.25, 0.3) is 0 Å². The van der Waals surface area contributed by atoms with Gasteiger partial charge in [-0.3, -0.25) is 0 Å². The van der Waals surface area contributed by atoms with E-state index >= 15 is 0 Å². The number of alkyl halides is 1. The first-order chi connectivity index (χ1) is 10.2. The van der Waals surface area contributed by atoms with E-state index in [1.807, 2.05) is 36.4 Å². The van der Waals surface area contributed by atoms with Gasteiger partial charge in [0.15, 0.2) is 0 Å². The van der Waals surface area contributed by atoms with E-state index in [1.165, 1.54) is 6.07 Å². The molecule has 0 saturated carbocycles. The zero-order valence-corrected chi connectivity index (χ0v) is 13.3. The lowest BCUT2D eigenvalue weighted by atomic mass is 10.1. The minimum Gasteiger partial charge on any atom is -0.457 e. The molecule has 3 rings (SSSR count). The molecule has 0 aliphatic carbocycles. The second-order valence-corrected chi connectivity index (χ2v) is 5.79. The fourth-order valence-corrected chi connectivity index (χ4v) is 2.79. The molecule has 0 saturated heterocycles. The quantitative estimate of drug-likeness (QED) is 0.497. The molecule has 0 fully saturated rings. The van der Waals surface area contributed by atoms with Crippen LogP contribution in [0.1, 0.15) is 5.56 Å². The highest BCUT2D eigenvalue weighted by molar-refractivity contribution is 9.10. The van der Waals surface area contributed by atoms with Crippen LogP contribution in [0.4, 0.5) is 4.39 Å². The maximum Gasteiger partial charge on any atom is 0.134 e. The molecule has 21 heavy (non-hydrogen) atoms. The number of hydrogen-bond acceptors (Lipinski definition) is 1. The Bertz CT molecular complexity index is 804. The van der Waals surface area contributed by atoms with Crippen LogP contribution in [-0.2, 0) is 5.88 Å². The fraction of sp³-hybridized carbons (Fsp3) is 0.0588. The summed E-state index contributed by atoms with van der Waals surface area (Å²) in [6.45, 7) is 0. The third-order valence-corrected chi connectivity index (χ3v) is 3.97. The van der Waals surface area contributed by atoms with Crippen LogP contribution >= 0.6 is 27.5 Å². The Morgan fingerprint density at radius 2 is 1.76 bits per heavy atom. The standard InChI is InChI=1S/C17H11BrClFO/c18-13-6-4-12-9-14(7-5-11(12)8-13)21-17-3-1-2-16(20)15(17)10-19/h1-9H,10H2. The van der Waals surface area contributed by atoms with Crippen molar-refractivity contribution in [2.75, 3.05) is 0 Å². The van der Waals surface area contributed by atoms with Gasteiger partial charge in [0, 0.05) is 10.0 Å². The third kappa shape index (κ3) is 3.04. The first-order valence-electron chi connectivity index (χ1n) is 6.38. The van der Waals surface area contributed by atoms with Gasteiger partial charge in [0.1, 0.15) is 17.3 Å². The van der Waals surface area contributed by atoms with Crippen LogP contribution < -0.4 is 4.74 Å². The third-order valence-electron chi connectivity index (χ3n) is 3.21. The number of benzene rings is 3. The molecule has 0 atom stereocenters. The van der Waals surface area contributed by atoms with Crippen molar-refractivity contribution in [3.05, 3.63) is 70.5 Å². The second-order valence-electron chi connectivity index (χ2n) is 4.61. The van der Waals surface area contributed by atoms with Crippen molar-refractivity contribution in [1.29, 1.82) is 0 Å². The molecule has 0 bridgehead atoms. The summed E-state index contributed by atoms with van der Waals surface area (Å²) in [7, 11) is 0. The van der Waals surface area contributed by atoms with Gasteiger partial charge < -0.3 is 4.74 Å².